The Morgan fingerprint density at radius 3 is 2.57 bits per heavy atom. The summed E-state index contributed by atoms with van der Waals surface area (Å²) in [7, 11) is 5.10. The van der Waals surface area contributed by atoms with Crippen LogP contribution in [0.3, 0.4) is 0 Å². The maximum absolute atomic E-state index is 12.8. The third kappa shape index (κ3) is 4.31. The second-order valence-corrected chi connectivity index (χ2v) is 6.67. The van der Waals surface area contributed by atoms with Gasteiger partial charge in [0.25, 0.3) is 5.91 Å². The number of carbonyl (C=O) groups is 2. The number of nitrogens with one attached hydrogen (secondary N) is 1. The molecule has 146 valence electrons. The number of methoxy groups -OCH3 is 1. The van der Waals surface area contributed by atoms with Gasteiger partial charge in [-0.05, 0) is 23.9 Å². The second-order valence-electron chi connectivity index (χ2n) is 6.67. The van der Waals surface area contributed by atoms with Gasteiger partial charge in [-0.2, -0.15) is 5.10 Å². The van der Waals surface area contributed by atoms with E-state index in [-0.39, 0.29) is 11.8 Å². The van der Waals surface area contributed by atoms with E-state index >= 15 is 0 Å². The molecule has 2 aromatic carbocycles. The van der Waals surface area contributed by atoms with Crippen LogP contribution in [0.15, 0.2) is 48.7 Å². The predicted octanol–water partition coefficient (Wildman–Crippen LogP) is 3.17. The topological polar surface area (TPSA) is 76.5 Å². The zero-order chi connectivity index (χ0) is 20.1. The Kier molecular flexibility index (Phi) is 5.93. The Morgan fingerprint density at radius 2 is 1.86 bits per heavy atom. The van der Waals surface area contributed by atoms with Gasteiger partial charge in [-0.15, -0.1) is 0 Å². The quantitative estimate of drug-likeness (QED) is 0.683. The molecule has 3 rings (SSSR count). The Balaban J connectivity index is 1.68. The summed E-state index contributed by atoms with van der Waals surface area (Å²) < 4.78 is 7.11. The van der Waals surface area contributed by atoms with Gasteiger partial charge >= 0.3 is 0 Å². The number of aromatic nitrogens is 2. The Morgan fingerprint density at radius 1 is 1.11 bits per heavy atom. The van der Waals surface area contributed by atoms with Crippen LogP contribution in [0.25, 0.3) is 10.8 Å². The molecule has 7 nitrogen and oxygen atoms in total. The van der Waals surface area contributed by atoms with E-state index in [9.17, 15) is 9.59 Å². The van der Waals surface area contributed by atoms with E-state index in [2.05, 4.69) is 10.4 Å². The Bertz CT molecular complexity index is 994. The van der Waals surface area contributed by atoms with Crippen molar-refractivity contribution >= 4 is 28.4 Å². The molecule has 0 fully saturated rings. The molecule has 28 heavy (non-hydrogen) atoms. The first-order valence-corrected chi connectivity index (χ1v) is 9.10. The van der Waals surface area contributed by atoms with Crippen molar-refractivity contribution < 1.29 is 14.3 Å². The summed E-state index contributed by atoms with van der Waals surface area (Å²) in [5.41, 5.74) is 0.558. The minimum Gasteiger partial charge on any atom is -0.496 e. The van der Waals surface area contributed by atoms with Crippen molar-refractivity contribution in [2.75, 3.05) is 26.5 Å². The first-order valence-electron chi connectivity index (χ1n) is 9.10. The highest BCUT2D eigenvalue weighted by molar-refractivity contribution is 6.13. The average Bonchev–Trinajstić information content (AvgIpc) is 3.13. The summed E-state index contributed by atoms with van der Waals surface area (Å²) in [6.07, 6.45) is 2.95. The Labute approximate surface area is 163 Å². The normalized spacial score (nSPS) is 10.7. The van der Waals surface area contributed by atoms with Gasteiger partial charge in [-0.1, -0.05) is 24.3 Å². The van der Waals surface area contributed by atoms with Crippen LogP contribution in [0.5, 0.6) is 5.75 Å². The van der Waals surface area contributed by atoms with E-state index in [0.29, 0.717) is 30.8 Å². The molecular weight excluding hydrogens is 356 g/mol. The third-order valence-electron chi connectivity index (χ3n) is 4.51. The van der Waals surface area contributed by atoms with Gasteiger partial charge in [0, 0.05) is 50.3 Å². The number of rotatable bonds is 7. The van der Waals surface area contributed by atoms with Gasteiger partial charge in [0.2, 0.25) is 5.91 Å². The Hall–Kier alpha value is -3.35. The number of aryl methyl sites for hydroxylation is 1. The molecule has 1 heterocycles. The molecule has 0 atom stereocenters. The molecule has 0 aliphatic rings. The molecule has 0 spiro atoms. The smallest absolute Gasteiger partial charge is 0.257 e. The second kappa shape index (κ2) is 8.56. The predicted molar refractivity (Wildman–Crippen MR) is 109 cm³/mol. The molecular formula is C21H24N4O3. The van der Waals surface area contributed by atoms with Crippen molar-refractivity contribution in [1.82, 2.24) is 14.7 Å². The zero-order valence-electron chi connectivity index (χ0n) is 16.3. The lowest BCUT2D eigenvalue weighted by atomic mass is 10.0. The fourth-order valence-corrected chi connectivity index (χ4v) is 3.00. The van der Waals surface area contributed by atoms with Crippen LogP contribution < -0.4 is 10.1 Å². The first kappa shape index (κ1) is 19.4. The van der Waals surface area contributed by atoms with Crippen LogP contribution in [-0.2, 0) is 11.3 Å². The first-order chi connectivity index (χ1) is 13.5. The molecule has 0 aliphatic heterocycles. The van der Waals surface area contributed by atoms with Crippen molar-refractivity contribution in [1.29, 1.82) is 0 Å². The summed E-state index contributed by atoms with van der Waals surface area (Å²) in [6.45, 7) is 0.612. The fourth-order valence-electron chi connectivity index (χ4n) is 3.00. The number of carbonyl (C=O) groups excluding carboxylic acids is 2. The number of hydrogen-bond donors (Lipinski definition) is 1. The van der Waals surface area contributed by atoms with Gasteiger partial charge in [0.15, 0.2) is 5.82 Å². The van der Waals surface area contributed by atoms with Crippen LogP contribution >= 0.6 is 0 Å². The molecule has 0 saturated carbocycles. The minimum absolute atomic E-state index is 0.0899. The summed E-state index contributed by atoms with van der Waals surface area (Å²) in [4.78, 5) is 26.0. The van der Waals surface area contributed by atoms with E-state index in [4.69, 9.17) is 4.74 Å². The van der Waals surface area contributed by atoms with Crippen LogP contribution in [0, 0.1) is 0 Å². The van der Waals surface area contributed by atoms with Crippen molar-refractivity contribution in [2.24, 2.45) is 0 Å². The highest BCUT2D eigenvalue weighted by Gasteiger charge is 2.14. The third-order valence-corrected chi connectivity index (χ3v) is 4.51. The van der Waals surface area contributed by atoms with Gasteiger partial charge in [0.1, 0.15) is 5.75 Å². The van der Waals surface area contributed by atoms with Crippen LogP contribution in [0.2, 0.25) is 0 Å². The van der Waals surface area contributed by atoms with Crippen LogP contribution in [0.4, 0.5) is 5.82 Å². The van der Waals surface area contributed by atoms with E-state index in [0.717, 1.165) is 16.5 Å². The van der Waals surface area contributed by atoms with Gasteiger partial charge in [-0.25, -0.2) is 0 Å². The molecule has 0 radical (unpaired) electrons. The average molecular weight is 380 g/mol. The minimum atomic E-state index is -0.230. The summed E-state index contributed by atoms with van der Waals surface area (Å²) in [6, 6.07) is 12.9. The monoisotopic (exact) mass is 380 g/mol. The van der Waals surface area contributed by atoms with Gasteiger partial charge < -0.3 is 15.0 Å². The standard InChI is InChI=1S/C21H24N4O3/c1-24(2)20(26)9-6-13-25-14-12-19(23-25)22-21(27)17-10-11-18(28-3)16-8-5-4-7-15(16)17/h4-5,7-8,10-12,14H,6,9,13H2,1-3H3,(H,22,23,27). The fraction of sp³-hybridized carbons (Fsp3) is 0.286. The molecule has 0 saturated heterocycles. The maximum atomic E-state index is 12.8. The summed E-state index contributed by atoms with van der Waals surface area (Å²) in [5, 5.41) is 8.91. The number of nitrogens with zero attached hydrogens (tertiary/aromatic N) is 3. The van der Waals surface area contributed by atoms with Crippen LogP contribution in [-0.4, -0.2) is 47.7 Å². The summed E-state index contributed by atoms with van der Waals surface area (Å²) in [5.74, 6) is 1.06. The molecule has 1 N–H and O–H groups in total. The molecule has 3 aromatic rings. The SMILES string of the molecule is COc1ccc(C(=O)Nc2ccn(CCCC(=O)N(C)C)n2)c2ccccc12. The van der Waals surface area contributed by atoms with E-state index < -0.39 is 0 Å². The zero-order valence-corrected chi connectivity index (χ0v) is 16.3. The maximum Gasteiger partial charge on any atom is 0.257 e. The van der Waals surface area contributed by atoms with E-state index in [1.165, 1.54) is 0 Å². The van der Waals surface area contributed by atoms with Crippen LogP contribution in [0.1, 0.15) is 23.2 Å². The molecule has 0 bridgehead atoms. The van der Waals surface area contributed by atoms with E-state index in [1.807, 2.05) is 24.3 Å². The van der Waals surface area contributed by atoms with Crippen molar-refractivity contribution in [3.05, 3.63) is 54.2 Å². The number of ether oxygens (including phenoxy) is 1. The molecule has 7 heteroatoms. The lowest BCUT2D eigenvalue weighted by molar-refractivity contribution is -0.128. The molecule has 1 aromatic heterocycles. The van der Waals surface area contributed by atoms with Gasteiger partial charge in [0.05, 0.1) is 7.11 Å². The summed E-state index contributed by atoms with van der Waals surface area (Å²) >= 11 is 0. The highest BCUT2D eigenvalue weighted by atomic mass is 16.5. The van der Waals surface area contributed by atoms with Crippen molar-refractivity contribution in [3.63, 3.8) is 0 Å². The van der Waals surface area contributed by atoms with Gasteiger partial charge in [-0.3, -0.25) is 14.3 Å². The number of hydrogen-bond acceptors (Lipinski definition) is 4. The molecule has 0 aliphatic carbocycles. The number of benzene rings is 2. The largest absolute Gasteiger partial charge is 0.496 e. The van der Waals surface area contributed by atoms with E-state index in [1.54, 1.807) is 55.2 Å². The molecule has 2 amide bonds. The number of amides is 2. The highest BCUT2D eigenvalue weighted by Crippen LogP contribution is 2.28. The van der Waals surface area contributed by atoms with Crippen molar-refractivity contribution in [2.45, 2.75) is 19.4 Å². The lowest BCUT2D eigenvalue weighted by Gasteiger charge is -2.10. The number of anilines is 1. The molecule has 0 unspecified atom stereocenters. The lowest BCUT2D eigenvalue weighted by Crippen LogP contribution is -2.21. The number of fused-ring (bicyclic) bond motifs is 1. The van der Waals surface area contributed by atoms with Crippen molar-refractivity contribution in [3.8, 4) is 5.75 Å².